The summed E-state index contributed by atoms with van der Waals surface area (Å²) in [6.07, 6.45) is 6.48. The number of carbonyl (C=O) groups excluding carboxylic acids is 2. The van der Waals surface area contributed by atoms with Crippen molar-refractivity contribution in [2.24, 2.45) is 11.8 Å². The van der Waals surface area contributed by atoms with Gasteiger partial charge in [0.1, 0.15) is 0 Å². The molecule has 2 N–H and O–H groups in total. The van der Waals surface area contributed by atoms with Gasteiger partial charge in [-0.15, -0.1) is 0 Å². The molecule has 11 heteroatoms. The van der Waals surface area contributed by atoms with Crippen molar-refractivity contribution >= 4 is 43.9 Å². The van der Waals surface area contributed by atoms with Gasteiger partial charge in [0.25, 0.3) is 5.91 Å². The van der Waals surface area contributed by atoms with Crippen LogP contribution in [-0.4, -0.2) is 76.7 Å². The van der Waals surface area contributed by atoms with Crippen LogP contribution in [0.1, 0.15) is 50.1 Å². The van der Waals surface area contributed by atoms with Crippen LogP contribution in [0.15, 0.2) is 68.5 Å². The molecular formula is C34H41Br2N5O4. The van der Waals surface area contributed by atoms with E-state index in [2.05, 4.69) is 42.2 Å². The molecule has 0 bridgehead atoms. The van der Waals surface area contributed by atoms with Gasteiger partial charge in [-0.25, -0.2) is 9.59 Å². The van der Waals surface area contributed by atoms with E-state index in [4.69, 9.17) is 4.74 Å². The van der Waals surface area contributed by atoms with Gasteiger partial charge in [0.05, 0.1) is 5.69 Å². The molecule has 3 fully saturated rings. The number of halogens is 2. The molecule has 0 aliphatic carbocycles. The standard InChI is InChI=1S/C34H41Br2N5O4/c35-28-7-6-23(20-29(28)36)21-31(32(42)39-16-10-25(11-17-39)24-8-14-37-15-9-24)45-34(44)40-18-12-27(13-19-40)41-22-30(38-33(41)43)26-4-2-1-3-5-26/h1-7,20,22,24-25,27,31,37H,8-19,21H2,(H,38,43)/t31-/m1/s1. The van der Waals surface area contributed by atoms with Gasteiger partial charge in [-0.1, -0.05) is 36.4 Å². The van der Waals surface area contributed by atoms with Gasteiger partial charge in [-0.3, -0.25) is 9.36 Å². The number of H-pyrrole nitrogens is 1. The number of rotatable bonds is 7. The minimum atomic E-state index is -0.903. The minimum absolute atomic E-state index is 0.0194. The van der Waals surface area contributed by atoms with Gasteiger partial charge in [0.15, 0.2) is 6.10 Å². The van der Waals surface area contributed by atoms with Crippen molar-refractivity contribution in [2.45, 2.75) is 57.1 Å². The summed E-state index contributed by atoms with van der Waals surface area (Å²) >= 11 is 7.08. The molecule has 1 aromatic heterocycles. The Morgan fingerprint density at radius 1 is 0.844 bits per heavy atom. The number of aromatic amines is 1. The fourth-order valence-electron chi connectivity index (χ4n) is 7.14. The summed E-state index contributed by atoms with van der Waals surface area (Å²) in [4.78, 5) is 46.7. The van der Waals surface area contributed by atoms with Crippen molar-refractivity contribution < 1.29 is 14.3 Å². The molecule has 4 heterocycles. The Morgan fingerprint density at radius 3 is 2.20 bits per heavy atom. The third-order valence-corrected chi connectivity index (χ3v) is 11.7. The van der Waals surface area contributed by atoms with E-state index in [1.165, 1.54) is 12.8 Å². The second kappa shape index (κ2) is 14.7. The van der Waals surface area contributed by atoms with E-state index >= 15 is 0 Å². The lowest BCUT2D eigenvalue weighted by Crippen LogP contribution is -2.49. The molecule has 9 nitrogen and oxygen atoms in total. The molecular weight excluding hydrogens is 702 g/mol. The summed E-state index contributed by atoms with van der Waals surface area (Å²) in [5, 5.41) is 3.45. The zero-order valence-electron chi connectivity index (χ0n) is 25.4. The lowest BCUT2D eigenvalue weighted by molar-refractivity contribution is -0.142. The smallest absolute Gasteiger partial charge is 0.410 e. The number of hydrogen-bond acceptors (Lipinski definition) is 5. The van der Waals surface area contributed by atoms with Gasteiger partial charge in [-0.05, 0) is 119 Å². The lowest BCUT2D eigenvalue weighted by Gasteiger charge is -2.39. The van der Waals surface area contributed by atoms with Crippen molar-refractivity contribution in [1.82, 2.24) is 24.7 Å². The topological polar surface area (TPSA) is 99.7 Å². The van der Waals surface area contributed by atoms with Crippen LogP contribution >= 0.6 is 31.9 Å². The highest BCUT2D eigenvalue weighted by Crippen LogP contribution is 2.32. The molecule has 6 rings (SSSR count). The number of nitrogens with zero attached hydrogens (tertiary/aromatic N) is 3. The maximum Gasteiger partial charge on any atom is 0.410 e. The van der Waals surface area contributed by atoms with Crippen LogP contribution in [-0.2, 0) is 16.0 Å². The van der Waals surface area contributed by atoms with Crippen LogP contribution in [0, 0.1) is 11.8 Å². The quantitative estimate of drug-likeness (QED) is 0.310. The van der Waals surface area contributed by atoms with Gasteiger partial charge < -0.3 is 24.8 Å². The summed E-state index contributed by atoms with van der Waals surface area (Å²) < 4.78 is 9.59. The van der Waals surface area contributed by atoms with Crippen LogP contribution in [0.4, 0.5) is 4.79 Å². The van der Waals surface area contributed by atoms with Gasteiger partial charge in [0, 0.05) is 53.8 Å². The van der Waals surface area contributed by atoms with Crippen LogP contribution in [0.25, 0.3) is 11.3 Å². The first-order valence-corrected chi connectivity index (χ1v) is 17.7. The number of aromatic nitrogens is 2. The first kappa shape index (κ1) is 32.1. The number of nitrogens with one attached hydrogen (secondary N) is 2. The summed E-state index contributed by atoms with van der Waals surface area (Å²) in [5.41, 5.74) is 2.51. The Balaban J connectivity index is 1.09. The summed E-state index contributed by atoms with van der Waals surface area (Å²) in [5.74, 6) is 1.26. The Hall–Kier alpha value is -2.89. The van der Waals surface area contributed by atoms with Crippen LogP contribution in [0.2, 0.25) is 0 Å². The molecule has 2 amide bonds. The number of ether oxygens (including phenoxy) is 1. The molecule has 240 valence electrons. The highest BCUT2D eigenvalue weighted by Gasteiger charge is 2.35. The highest BCUT2D eigenvalue weighted by atomic mass is 79.9. The van der Waals surface area contributed by atoms with Crippen LogP contribution in [0.3, 0.4) is 0 Å². The Bertz CT molecular complexity index is 1520. The van der Waals surface area contributed by atoms with E-state index in [1.807, 2.05) is 59.6 Å². The largest absolute Gasteiger partial charge is 0.436 e. The number of carbonyl (C=O) groups is 2. The molecule has 2 aromatic carbocycles. The molecule has 3 aliphatic heterocycles. The normalized spacial score (nSPS) is 19.4. The van der Waals surface area contributed by atoms with E-state index < -0.39 is 12.2 Å². The predicted octanol–water partition coefficient (Wildman–Crippen LogP) is 5.99. The highest BCUT2D eigenvalue weighted by molar-refractivity contribution is 9.13. The third-order valence-electron chi connectivity index (χ3n) is 9.77. The zero-order chi connectivity index (χ0) is 31.3. The molecule has 0 saturated carbocycles. The fourth-order valence-corrected chi connectivity index (χ4v) is 7.81. The number of benzene rings is 2. The Kier molecular flexibility index (Phi) is 10.5. The van der Waals surface area contributed by atoms with E-state index in [-0.39, 0.29) is 17.6 Å². The minimum Gasteiger partial charge on any atom is -0.436 e. The van der Waals surface area contributed by atoms with E-state index in [9.17, 15) is 14.4 Å². The number of amides is 2. The van der Waals surface area contributed by atoms with E-state index in [0.717, 1.165) is 57.6 Å². The van der Waals surface area contributed by atoms with Crippen molar-refractivity contribution in [3.05, 3.63) is 79.7 Å². The van der Waals surface area contributed by atoms with E-state index in [0.29, 0.717) is 51.4 Å². The lowest BCUT2D eigenvalue weighted by atomic mass is 9.79. The number of hydrogen-bond donors (Lipinski definition) is 2. The van der Waals surface area contributed by atoms with Crippen LogP contribution in [0.5, 0.6) is 0 Å². The molecule has 0 spiro atoms. The monoisotopic (exact) mass is 741 g/mol. The van der Waals surface area contributed by atoms with E-state index in [1.54, 1.807) is 9.47 Å². The molecule has 3 aromatic rings. The molecule has 0 radical (unpaired) electrons. The molecule has 1 atom stereocenters. The number of likely N-dealkylation sites (tertiary alicyclic amines) is 2. The third kappa shape index (κ3) is 7.74. The number of imidazole rings is 1. The summed E-state index contributed by atoms with van der Waals surface area (Å²) in [6.45, 7) is 4.47. The average Bonchev–Trinajstić information content (AvgIpc) is 3.48. The van der Waals surface area contributed by atoms with Crippen LogP contribution < -0.4 is 11.0 Å². The first-order valence-electron chi connectivity index (χ1n) is 16.1. The Morgan fingerprint density at radius 2 is 1.51 bits per heavy atom. The molecule has 45 heavy (non-hydrogen) atoms. The fraction of sp³-hybridized carbons (Fsp3) is 0.500. The van der Waals surface area contributed by atoms with Gasteiger partial charge in [0.2, 0.25) is 0 Å². The molecule has 3 saturated heterocycles. The van der Waals surface area contributed by atoms with Crippen molar-refractivity contribution in [2.75, 3.05) is 39.3 Å². The molecule has 0 unspecified atom stereocenters. The van der Waals surface area contributed by atoms with Gasteiger partial charge in [-0.2, -0.15) is 0 Å². The van der Waals surface area contributed by atoms with Gasteiger partial charge >= 0.3 is 11.8 Å². The predicted molar refractivity (Wildman–Crippen MR) is 181 cm³/mol. The summed E-state index contributed by atoms with van der Waals surface area (Å²) in [7, 11) is 0. The SMILES string of the molecule is O=C(O[C@H](Cc1ccc(Br)c(Br)c1)C(=O)N1CCC(C2CCNCC2)CC1)N1CCC(n2cc(-c3ccccc3)[nH]c2=O)CC1. The maximum atomic E-state index is 13.9. The second-order valence-corrected chi connectivity index (χ2v) is 14.2. The molecule has 3 aliphatic rings. The van der Waals surface area contributed by atoms with Crippen molar-refractivity contribution in [3.63, 3.8) is 0 Å². The second-order valence-electron chi connectivity index (χ2n) is 12.5. The number of piperidine rings is 3. The zero-order valence-corrected chi connectivity index (χ0v) is 28.6. The summed E-state index contributed by atoms with van der Waals surface area (Å²) in [6, 6.07) is 15.6. The van der Waals surface area contributed by atoms with Crippen molar-refractivity contribution in [1.29, 1.82) is 0 Å². The Labute approximate surface area is 281 Å². The van der Waals surface area contributed by atoms with Crippen molar-refractivity contribution in [3.8, 4) is 11.3 Å². The average molecular weight is 744 g/mol. The maximum absolute atomic E-state index is 13.9. The first-order chi connectivity index (χ1) is 21.9.